The fourth-order valence-electron chi connectivity index (χ4n) is 2.50. The van der Waals surface area contributed by atoms with E-state index in [0.29, 0.717) is 0 Å². The van der Waals surface area contributed by atoms with Gasteiger partial charge in [0.1, 0.15) is 5.75 Å². The second-order valence-corrected chi connectivity index (χ2v) is 6.56. The van der Waals surface area contributed by atoms with Crippen molar-refractivity contribution >= 4 is 23.4 Å². The summed E-state index contributed by atoms with van der Waals surface area (Å²) in [6, 6.07) is 12.3. The van der Waals surface area contributed by atoms with Crippen molar-refractivity contribution in [2.45, 2.75) is 38.9 Å². The third kappa shape index (κ3) is 2.43. The third-order valence-corrected chi connectivity index (χ3v) is 4.60. The van der Waals surface area contributed by atoms with Crippen molar-refractivity contribution in [1.82, 2.24) is 0 Å². The van der Waals surface area contributed by atoms with Gasteiger partial charge in [0.05, 0.1) is 18.3 Å². The molecular weight excluding hydrogens is 263 g/mol. The second-order valence-electron chi connectivity index (χ2n) is 6.56. The molecule has 2 aromatic carbocycles. The number of ether oxygens (including phenoxy) is 1. The standard InChI is InChI=1S/C17H21BO3/c1-16(2)17(3,4)21-18(20-16)14-8-6-12-7-9-15(19-5)11-13(12)10-14/h6-11H,1-5H3. The smallest absolute Gasteiger partial charge is 0.494 e. The Bertz CT molecular complexity index is 663. The van der Waals surface area contributed by atoms with Crippen molar-refractivity contribution in [1.29, 1.82) is 0 Å². The van der Waals surface area contributed by atoms with E-state index in [1.807, 2.05) is 12.1 Å². The number of benzene rings is 2. The Hall–Kier alpha value is -1.52. The highest BCUT2D eigenvalue weighted by Gasteiger charge is 2.51. The van der Waals surface area contributed by atoms with Gasteiger partial charge in [-0.25, -0.2) is 0 Å². The van der Waals surface area contributed by atoms with Gasteiger partial charge in [-0.15, -0.1) is 0 Å². The number of fused-ring (bicyclic) bond motifs is 1. The normalized spacial score (nSPS) is 20.0. The summed E-state index contributed by atoms with van der Waals surface area (Å²) in [7, 11) is 1.35. The Morgan fingerprint density at radius 3 is 2.10 bits per heavy atom. The van der Waals surface area contributed by atoms with Gasteiger partial charge in [-0.3, -0.25) is 0 Å². The number of rotatable bonds is 2. The summed E-state index contributed by atoms with van der Waals surface area (Å²) in [5, 5.41) is 2.30. The first-order valence-electron chi connectivity index (χ1n) is 7.26. The molecule has 1 saturated heterocycles. The first-order valence-corrected chi connectivity index (χ1v) is 7.26. The first-order chi connectivity index (χ1) is 9.82. The lowest BCUT2D eigenvalue weighted by molar-refractivity contribution is 0.00578. The van der Waals surface area contributed by atoms with Gasteiger partial charge in [-0.05, 0) is 56.1 Å². The van der Waals surface area contributed by atoms with E-state index in [-0.39, 0.29) is 18.3 Å². The van der Waals surface area contributed by atoms with E-state index in [4.69, 9.17) is 14.0 Å². The van der Waals surface area contributed by atoms with Crippen LogP contribution in [0.5, 0.6) is 5.75 Å². The van der Waals surface area contributed by atoms with Crippen molar-refractivity contribution in [3.63, 3.8) is 0 Å². The monoisotopic (exact) mass is 284 g/mol. The molecule has 0 saturated carbocycles. The minimum absolute atomic E-state index is 0.318. The van der Waals surface area contributed by atoms with Crippen LogP contribution in [0.1, 0.15) is 27.7 Å². The molecular formula is C17H21BO3. The van der Waals surface area contributed by atoms with Crippen molar-refractivity contribution < 1.29 is 14.0 Å². The van der Waals surface area contributed by atoms with Crippen molar-refractivity contribution in [3.05, 3.63) is 36.4 Å². The third-order valence-electron chi connectivity index (χ3n) is 4.60. The topological polar surface area (TPSA) is 27.7 Å². The highest BCUT2D eigenvalue weighted by atomic mass is 16.7. The van der Waals surface area contributed by atoms with Gasteiger partial charge in [0.2, 0.25) is 0 Å². The molecule has 0 aliphatic carbocycles. The number of hydrogen-bond acceptors (Lipinski definition) is 3. The highest BCUT2D eigenvalue weighted by Crippen LogP contribution is 2.36. The molecule has 0 spiro atoms. The lowest BCUT2D eigenvalue weighted by atomic mass is 9.78. The first kappa shape index (κ1) is 14.4. The van der Waals surface area contributed by atoms with Crippen molar-refractivity contribution in [2.75, 3.05) is 7.11 Å². The minimum atomic E-state index is -0.328. The summed E-state index contributed by atoms with van der Waals surface area (Å²) in [6.45, 7) is 8.27. The molecule has 0 aromatic heterocycles. The van der Waals surface area contributed by atoms with Crippen LogP contribution in [0.2, 0.25) is 0 Å². The molecule has 0 bridgehead atoms. The molecule has 0 unspecified atom stereocenters. The lowest BCUT2D eigenvalue weighted by Crippen LogP contribution is -2.41. The molecule has 3 rings (SSSR count). The van der Waals surface area contributed by atoms with E-state index in [1.54, 1.807) is 7.11 Å². The maximum Gasteiger partial charge on any atom is 0.494 e. The zero-order valence-corrected chi connectivity index (χ0v) is 13.3. The van der Waals surface area contributed by atoms with Gasteiger partial charge in [-0.2, -0.15) is 0 Å². The van der Waals surface area contributed by atoms with Gasteiger partial charge < -0.3 is 14.0 Å². The average Bonchev–Trinajstić information content (AvgIpc) is 2.66. The summed E-state index contributed by atoms with van der Waals surface area (Å²) in [4.78, 5) is 0. The molecule has 0 radical (unpaired) electrons. The average molecular weight is 284 g/mol. The maximum absolute atomic E-state index is 6.10. The molecule has 1 fully saturated rings. The van der Waals surface area contributed by atoms with Crippen molar-refractivity contribution in [2.24, 2.45) is 0 Å². The van der Waals surface area contributed by atoms with E-state index < -0.39 is 0 Å². The molecule has 110 valence electrons. The van der Waals surface area contributed by atoms with Crippen LogP contribution in [0, 0.1) is 0 Å². The maximum atomic E-state index is 6.10. The van der Waals surface area contributed by atoms with Gasteiger partial charge in [0, 0.05) is 0 Å². The van der Waals surface area contributed by atoms with E-state index in [0.717, 1.165) is 16.6 Å². The van der Waals surface area contributed by atoms with Gasteiger partial charge in [0.25, 0.3) is 0 Å². The molecule has 1 heterocycles. The summed E-state index contributed by atoms with van der Waals surface area (Å²) >= 11 is 0. The van der Waals surface area contributed by atoms with Crippen LogP contribution in [-0.4, -0.2) is 25.4 Å². The predicted octanol–water partition coefficient (Wildman–Crippen LogP) is 3.15. The summed E-state index contributed by atoms with van der Waals surface area (Å²) in [5.74, 6) is 0.855. The highest BCUT2D eigenvalue weighted by molar-refractivity contribution is 6.62. The van der Waals surface area contributed by atoms with Gasteiger partial charge >= 0.3 is 7.12 Å². The largest absolute Gasteiger partial charge is 0.497 e. The molecule has 4 heteroatoms. The van der Waals surface area contributed by atoms with Crippen LogP contribution in [0.3, 0.4) is 0 Å². The molecule has 1 aliphatic heterocycles. The van der Waals surface area contributed by atoms with Gasteiger partial charge in [0.15, 0.2) is 0 Å². The molecule has 21 heavy (non-hydrogen) atoms. The summed E-state index contributed by atoms with van der Waals surface area (Å²) < 4.78 is 17.5. The molecule has 0 N–H and O–H groups in total. The Morgan fingerprint density at radius 2 is 1.48 bits per heavy atom. The predicted molar refractivity (Wildman–Crippen MR) is 86.2 cm³/mol. The van der Waals surface area contributed by atoms with Crippen molar-refractivity contribution in [3.8, 4) is 5.75 Å². The zero-order chi connectivity index (χ0) is 15.3. The van der Waals surface area contributed by atoms with Crippen LogP contribution in [0.4, 0.5) is 0 Å². The molecule has 3 nitrogen and oxygen atoms in total. The minimum Gasteiger partial charge on any atom is -0.497 e. The fourth-order valence-corrected chi connectivity index (χ4v) is 2.50. The van der Waals surface area contributed by atoms with Crippen LogP contribution in [0.25, 0.3) is 10.8 Å². The molecule has 0 atom stereocenters. The summed E-state index contributed by atoms with van der Waals surface area (Å²) in [6.07, 6.45) is 0. The van der Waals surface area contributed by atoms with Gasteiger partial charge in [-0.1, -0.05) is 24.3 Å². The van der Waals surface area contributed by atoms with Crippen LogP contribution < -0.4 is 10.2 Å². The van der Waals surface area contributed by atoms with Crippen LogP contribution in [0.15, 0.2) is 36.4 Å². The Labute approximate surface area is 126 Å². The van der Waals surface area contributed by atoms with E-state index in [2.05, 4.69) is 52.0 Å². The Balaban J connectivity index is 1.98. The van der Waals surface area contributed by atoms with Crippen LogP contribution >= 0.6 is 0 Å². The number of hydrogen-bond donors (Lipinski definition) is 0. The van der Waals surface area contributed by atoms with Crippen LogP contribution in [-0.2, 0) is 9.31 Å². The fraction of sp³-hybridized carbons (Fsp3) is 0.412. The SMILES string of the molecule is COc1ccc2ccc(B3OC(C)(C)C(C)(C)O3)cc2c1. The molecule has 1 aliphatic rings. The Kier molecular flexibility index (Phi) is 3.26. The quantitative estimate of drug-likeness (QED) is 0.793. The molecule has 2 aromatic rings. The number of methoxy groups -OCH3 is 1. The Morgan fingerprint density at radius 1 is 0.857 bits per heavy atom. The van der Waals surface area contributed by atoms with E-state index in [1.165, 1.54) is 5.39 Å². The molecule has 0 amide bonds. The zero-order valence-electron chi connectivity index (χ0n) is 13.3. The van der Waals surface area contributed by atoms with E-state index in [9.17, 15) is 0 Å². The lowest BCUT2D eigenvalue weighted by Gasteiger charge is -2.32. The second kappa shape index (κ2) is 4.75. The summed E-state index contributed by atoms with van der Waals surface area (Å²) in [5.41, 5.74) is 0.400. The van der Waals surface area contributed by atoms with E-state index >= 15 is 0 Å².